The van der Waals surface area contributed by atoms with Crippen LogP contribution >= 0.6 is 0 Å². The molecule has 0 aliphatic rings. The average molecular weight is 220 g/mol. The van der Waals surface area contributed by atoms with Gasteiger partial charge in [0.25, 0.3) is 0 Å². The molecule has 84 valence electrons. The maximum atomic E-state index is 10.9. The molecular weight excluding hydrogens is 208 g/mol. The lowest BCUT2D eigenvalue weighted by molar-refractivity contribution is -0.128. The van der Waals surface area contributed by atoms with E-state index in [1.807, 2.05) is 6.92 Å². The second kappa shape index (κ2) is 5.11. The van der Waals surface area contributed by atoms with E-state index < -0.39 is 11.9 Å². The third-order valence-electron chi connectivity index (χ3n) is 2.07. The van der Waals surface area contributed by atoms with Crippen LogP contribution in [0, 0.1) is 0 Å². The van der Waals surface area contributed by atoms with Crippen molar-refractivity contribution in [1.82, 2.24) is 0 Å². The standard InChI is InChI=1S/C12H12O4/c1-3-8-7-9(16-11(13)4-2)5-6-10(8)12(14)15/h4-7H,2-3H2,1H3,(H,14,15). The van der Waals surface area contributed by atoms with Gasteiger partial charge in [0.2, 0.25) is 0 Å². The zero-order valence-electron chi connectivity index (χ0n) is 8.90. The van der Waals surface area contributed by atoms with Crippen molar-refractivity contribution >= 4 is 11.9 Å². The fraction of sp³-hybridized carbons (Fsp3) is 0.167. The van der Waals surface area contributed by atoms with Gasteiger partial charge in [-0.2, -0.15) is 0 Å². The molecule has 1 N–H and O–H groups in total. The fourth-order valence-corrected chi connectivity index (χ4v) is 1.29. The first-order chi connectivity index (χ1) is 7.58. The number of aryl methyl sites for hydroxylation is 1. The van der Waals surface area contributed by atoms with Gasteiger partial charge in [0.15, 0.2) is 0 Å². The van der Waals surface area contributed by atoms with Gasteiger partial charge in [-0.25, -0.2) is 9.59 Å². The Morgan fingerprint density at radius 2 is 2.19 bits per heavy atom. The minimum atomic E-state index is -0.988. The lowest BCUT2D eigenvalue weighted by Crippen LogP contribution is -2.06. The van der Waals surface area contributed by atoms with Crippen LogP contribution in [-0.2, 0) is 11.2 Å². The molecule has 4 nitrogen and oxygen atoms in total. The molecule has 0 saturated heterocycles. The Hall–Kier alpha value is -2.10. The second-order valence-electron chi connectivity index (χ2n) is 3.10. The SMILES string of the molecule is C=CC(=O)Oc1ccc(C(=O)O)c(CC)c1. The van der Waals surface area contributed by atoms with Crippen molar-refractivity contribution in [3.8, 4) is 5.75 Å². The maximum Gasteiger partial charge on any atom is 0.335 e. The van der Waals surface area contributed by atoms with E-state index in [-0.39, 0.29) is 5.56 Å². The van der Waals surface area contributed by atoms with Gasteiger partial charge in [0.05, 0.1) is 5.56 Å². The minimum Gasteiger partial charge on any atom is -0.478 e. The van der Waals surface area contributed by atoms with Crippen molar-refractivity contribution in [2.24, 2.45) is 0 Å². The predicted octanol–water partition coefficient (Wildman–Crippen LogP) is 2.04. The molecule has 0 aromatic heterocycles. The first-order valence-electron chi connectivity index (χ1n) is 4.79. The van der Waals surface area contributed by atoms with Gasteiger partial charge in [0, 0.05) is 6.08 Å². The number of hydrogen-bond donors (Lipinski definition) is 1. The van der Waals surface area contributed by atoms with Gasteiger partial charge < -0.3 is 9.84 Å². The number of benzene rings is 1. The van der Waals surface area contributed by atoms with Crippen LogP contribution in [0.3, 0.4) is 0 Å². The van der Waals surface area contributed by atoms with Crippen LogP contribution in [0.25, 0.3) is 0 Å². The summed E-state index contributed by atoms with van der Waals surface area (Å²) in [5.74, 6) is -1.23. The largest absolute Gasteiger partial charge is 0.478 e. The molecule has 0 fully saturated rings. The summed E-state index contributed by atoms with van der Waals surface area (Å²) in [5.41, 5.74) is 0.850. The number of carbonyl (C=O) groups is 2. The van der Waals surface area contributed by atoms with Crippen molar-refractivity contribution in [1.29, 1.82) is 0 Å². The Morgan fingerprint density at radius 1 is 1.50 bits per heavy atom. The van der Waals surface area contributed by atoms with Crippen LogP contribution < -0.4 is 4.74 Å². The van der Waals surface area contributed by atoms with Gasteiger partial charge in [-0.05, 0) is 30.2 Å². The van der Waals surface area contributed by atoms with Gasteiger partial charge >= 0.3 is 11.9 Å². The monoisotopic (exact) mass is 220 g/mol. The predicted molar refractivity (Wildman–Crippen MR) is 58.6 cm³/mol. The zero-order valence-corrected chi connectivity index (χ0v) is 8.90. The third kappa shape index (κ3) is 2.70. The van der Waals surface area contributed by atoms with Crippen LogP contribution in [0.1, 0.15) is 22.8 Å². The first kappa shape index (κ1) is 12.0. The molecule has 0 aliphatic carbocycles. The summed E-state index contributed by atoms with van der Waals surface area (Å²) in [5, 5.41) is 8.89. The number of esters is 1. The van der Waals surface area contributed by atoms with Crippen molar-refractivity contribution in [2.45, 2.75) is 13.3 Å². The number of carboxylic acid groups (broad SMARTS) is 1. The Kier molecular flexibility index (Phi) is 3.83. The maximum absolute atomic E-state index is 10.9. The number of aromatic carboxylic acids is 1. The summed E-state index contributed by atoms with van der Waals surface area (Å²) in [6.07, 6.45) is 1.61. The lowest BCUT2D eigenvalue weighted by atomic mass is 10.1. The number of carbonyl (C=O) groups excluding carboxylic acids is 1. The number of carboxylic acids is 1. The smallest absolute Gasteiger partial charge is 0.335 e. The molecule has 0 heterocycles. The van der Waals surface area contributed by atoms with Gasteiger partial charge in [-0.3, -0.25) is 0 Å². The van der Waals surface area contributed by atoms with E-state index in [1.54, 1.807) is 6.07 Å². The molecule has 1 aromatic carbocycles. The highest BCUT2D eigenvalue weighted by Gasteiger charge is 2.10. The van der Waals surface area contributed by atoms with Gasteiger partial charge in [-0.1, -0.05) is 13.5 Å². The molecule has 0 spiro atoms. The van der Waals surface area contributed by atoms with E-state index in [1.165, 1.54) is 12.1 Å². The van der Waals surface area contributed by atoms with E-state index in [0.717, 1.165) is 6.08 Å². The summed E-state index contributed by atoms with van der Waals surface area (Å²) in [6, 6.07) is 4.42. The average Bonchev–Trinajstić information content (AvgIpc) is 2.28. The van der Waals surface area contributed by atoms with E-state index in [0.29, 0.717) is 17.7 Å². The van der Waals surface area contributed by atoms with Crippen LogP contribution in [0.4, 0.5) is 0 Å². The Balaban J connectivity index is 3.04. The zero-order chi connectivity index (χ0) is 12.1. The molecule has 16 heavy (non-hydrogen) atoms. The second-order valence-corrected chi connectivity index (χ2v) is 3.10. The van der Waals surface area contributed by atoms with Crippen LogP contribution in [0.5, 0.6) is 5.75 Å². The topological polar surface area (TPSA) is 63.6 Å². The Bertz CT molecular complexity index is 435. The summed E-state index contributed by atoms with van der Waals surface area (Å²) in [6.45, 7) is 5.11. The van der Waals surface area contributed by atoms with Crippen molar-refractivity contribution in [2.75, 3.05) is 0 Å². The Morgan fingerprint density at radius 3 is 2.69 bits per heavy atom. The number of ether oxygens (including phenoxy) is 1. The van der Waals surface area contributed by atoms with Crippen molar-refractivity contribution < 1.29 is 19.4 Å². The third-order valence-corrected chi connectivity index (χ3v) is 2.07. The quantitative estimate of drug-likeness (QED) is 0.479. The summed E-state index contributed by atoms with van der Waals surface area (Å²) < 4.78 is 4.89. The molecule has 0 atom stereocenters. The normalized spacial score (nSPS) is 9.56. The molecule has 0 aliphatic heterocycles. The summed E-state index contributed by atoms with van der Waals surface area (Å²) in [4.78, 5) is 21.8. The molecule has 1 aromatic rings. The molecule has 1 rings (SSSR count). The first-order valence-corrected chi connectivity index (χ1v) is 4.79. The highest BCUT2D eigenvalue weighted by atomic mass is 16.5. The van der Waals surface area contributed by atoms with E-state index in [2.05, 4.69) is 6.58 Å². The van der Waals surface area contributed by atoms with Crippen molar-refractivity contribution in [3.63, 3.8) is 0 Å². The molecule has 0 bridgehead atoms. The van der Waals surface area contributed by atoms with E-state index in [4.69, 9.17) is 9.84 Å². The number of hydrogen-bond acceptors (Lipinski definition) is 3. The summed E-state index contributed by atoms with van der Waals surface area (Å²) >= 11 is 0. The Labute approximate surface area is 93.2 Å². The number of rotatable bonds is 4. The molecule has 4 heteroatoms. The van der Waals surface area contributed by atoms with Crippen LogP contribution in [-0.4, -0.2) is 17.0 Å². The van der Waals surface area contributed by atoms with Gasteiger partial charge in [-0.15, -0.1) is 0 Å². The molecule has 0 saturated carbocycles. The highest BCUT2D eigenvalue weighted by Crippen LogP contribution is 2.19. The fourth-order valence-electron chi connectivity index (χ4n) is 1.29. The van der Waals surface area contributed by atoms with Gasteiger partial charge in [0.1, 0.15) is 5.75 Å². The minimum absolute atomic E-state index is 0.223. The lowest BCUT2D eigenvalue weighted by Gasteiger charge is -2.06. The van der Waals surface area contributed by atoms with Crippen molar-refractivity contribution in [3.05, 3.63) is 42.0 Å². The van der Waals surface area contributed by atoms with E-state index >= 15 is 0 Å². The molecule has 0 unspecified atom stereocenters. The summed E-state index contributed by atoms with van der Waals surface area (Å²) in [7, 11) is 0. The van der Waals surface area contributed by atoms with Crippen LogP contribution in [0.15, 0.2) is 30.9 Å². The van der Waals surface area contributed by atoms with E-state index in [9.17, 15) is 9.59 Å². The highest BCUT2D eigenvalue weighted by molar-refractivity contribution is 5.90. The van der Waals surface area contributed by atoms with Crippen LogP contribution in [0.2, 0.25) is 0 Å². The molecule has 0 amide bonds. The molecule has 0 radical (unpaired) electrons. The molecular formula is C12H12O4.